The minimum absolute atomic E-state index is 0.00315. The molecule has 1 aliphatic heterocycles. The molecule has 4 rings (SSSR count). The van der Waals surface area contributed by atoms with Crippen LogP contribution in [0, 0.1) is 13.8 Å². The van der Waals surface area contributed by atoms with Crippen LogP contribution in [0.4, 0.5) is 5.69 Å². The molecule has 1 N–H and O–H groups in total. The zero-order valence-corrected chi connectivity index (χ0v) is 18.6. The minimum atomic E-state index is -4.29. The number of hydrogen-bond donors (Lipinski definition) is 1. The van der Waals surface area contributed by atoms with E-state index in [1.54, 1.807) is 36.1 Å². The van der Waals surface area contributed by atoms with E-state index in [2.05, 4.69) is 4.72 Å². The van der Waals surface area contributed by atoms with Crippen molar-refractivity contribution in [2.45, 2.75) is 39.5 Å². The molecule has 2 aromatic rings. The molecule has 0 atom stereocenters. The van der Waals surface area contributed by atoms with Crippen molar-refractivity contribution in [2.75, 3.05) is 17.8 Å². The first kappa shape index (κ1) is 21.3. The number of aryl methyl sites for hydroxylation is 2. The van der Waals surface area contributed by atoms with Crippen LogP contribution < -0.4 is 4.72 Å². The molecule has 7 heteroatoms. The van der Waals surface area contributed by atoms with Gasteiger partial charge in [-0.1, -0.05) is 49.2 Å². The lowest BCUT2D eigenvalue weighted by Gasteiger charge is -2.30. The molecule has 2 aliphatic rings. The fourth-order valence-electron chi connectivity index (χ4n) is 4.21. The number of allylic oxidation sites excluding steroid dienone is 2. The molecule has 0 spiro atoms. The Balaban J connectivity index is 1.88. The van der Waals surface area contributed by atoms with Gasteiger partial charge in [0.2, 0.25) is 11.6 Å². The Hall–Kier alpha value is -2.93. The topological polar surface area (TPSA) is 83.6 Å². The van der Waals surface area contributed by atoms with Crippen molar-refractivity contribution in [3.63, 3.8) is 0 Å². The number of rotatable bonds is 4. The van der Waals surface area contributed by atoms with Crippen LogP contribution in [0.15, 0.2) is 53.1 Å². The van der Waals surface area contributed by atoms with E-state index in [1.165, 1.54) is 6.07 Å². The first-order valence-corrected chi connectivity index (χ1v) is 12.1. The Kier molecular flexibility index (Phi) is 5.71. The number of hydrogen-bond acceptors (Lipinski definition) is 5. The molecule has 0 bridgehead atoms. The number of benzene rings is 2. The second-order valence-electron chi connectivity index (χ2n) is 8.21. The van der Waals surface area contributed by atoms with Crippen molar-refractivity contribution in [1.82, 2.24) is 4.90 Å². The Morgan fingerprint density at radius 1 is 0.839 bits per heavy atom. The van der Waals surface area contributed by atoms with E-state index in [0.29, 0.717) is 18.8 Å². The van der Waals surface area contributed by atoms with Gasteiger partial charge in [0.1, 0.15) is 5.70 Å². The number of carbonyl (C=O) groups excluding carboxylic acids is 2. The monoisotopic (exact) mass is 438 g/mol. The Labute approximate surface area is 183 Å². The van der Waals surface area contributed by atoms with E-state index in [1.807, 2.05) is 19.1 Å². The zero-order chi connectivity index (χ0) is 22.2. The molecule has 1 saturated heterocycles. The van der Waals surface area contributed by atoms with Crippen molar-refractivity contribution in [3.8, 4) is 0 Å². The van der Waals surface area contributed by atoms with E-state index < -0.39 is 26.5 Å². The standard InChI is InChI=1S/C24H26N2O4S/c1-16-11-12-17(2)20(15-16)25-31(29,30)24-21(26-13-7-3-4-8-14-26)22(27)18-9-5-6-10-19(18)23(24)28/h5-6,9-12,15,25H,3-4,7-8,13-14H2,1-2H3. The fraction of sp³-hybridized carbons (Fsp3) is 0.333. The quantitative estimate of drug-likeness (QED) is 0.773. The van der Waals surface area contributed by atoms with E-state index in [0.717, 1.165) is 36.8 Å². The molecule has 0 unspecified atom stereocenters. The number of carbonyl (C=O) groups is 2. The maximum atomic E-state index is 13.6. The summed E-state index contributed by atoms with van der Waals surface area (Å²) in [5.74, 6) is -1.04. The SMILES string of the molecule is Cc1ccc(C)c(NS(=O)(=O)C2=C(N3CCCCCC3)C(=O)c3ccccc3C2=O)c1. The number of Topliss-reactive ketones (excluding diaryl/α,β-unsaturated/α-hetero) is 2. The van der Waals surface area contributed by atoms with Crippen molar-refractivity contribution in [1.29, 1.82) is 0 Å². The van der Waals surface area contributed by atoms with E-state index in [4.69, 9.17) is 0 Å². The van der Waals surface area contributed by atoms with Gasteiger partial charge < -0.3 is 4.90 Å². The molecule has 2 aromatic carbocycles. The van der Waals surface area contributed by atoms with Gasteiger partial charge in [-0.3, -0.25) is 14.3 Å². The predicted molar refractivity (Wildman–Crippen MR) is 121 cm³/mol. The average Bonchev–Trinajstić information content (AvgIpc) is 3.02. The summed E-state index contributed by atoms with van der Waals surface area (Å²) in [6.07, 6.45) is 3.74. The molecule has 162 valence electrons. The highest BCUT2D eigenvalue weighted by Crippen LogP contribution is 2.33. The highest BCUT2D eigenvalue weighted by Gasteiger charge is 2.41. The van der Waals surface area contributed by atoms with Gasteiger partial charge >= 0.3 is 0 Å². The summed E-state index contributed by atoms with van der Waals surface area (Å²) in [6.45, 7) is 4.77. The molecule has 0 amide bonds. The van der Waals surface area contributed by atoms with Crippen LogP contribution in [0.25, 0.3) is 0 Å². The van der Waals surface area contributed by atoms with Crippen LogP contribution in [0.5, 0.6) is 0 Å². The normalized spacial score (nSPS) is 17.4. The van der Waals surface area contributed by atoms with E-state index in [9.17, 15) is 18.0 Å². The van der Waals surface area contributed by atoms with Gasteiger partial charge in [0.05, 0.1) is 5.69 Å². The van der Waals surface area contributed by atoms with Crippen molar-refractivity contribution in [2.24, 2.45) is 0 Å². The smallest absolute Gasteiger partial charge is 0.268 e. The Morgan fingerprint density at radius 3 is 2.10 bits per heavy atom. The first-order valence-electron chi connectivity index (χ1n) is 10.6. The van der Waals surface area contributed by atoms with Crippen LogP contribution in [0.1, 0.15) is 57.5 Å². The lowest BCUT2D eigenvalue weighted by Crippen LogP contribution is -2.38. The maximum absolute atomic E-state index is 13.6. The van der Waals surface area contributed by atoms with Gasteiger partial charge in [-0.2, -0.15) is 0 Å². The van der Waals surface area contributed by atoms with Gasteiger partial charge in [0, 0.05) is 24.2 Å². The summed E-state index contributed by atoms with van der Waals surface area (Å²) >= 11 is 0. The first-order chi connectivity index (χ1) is 14.8. The molecule has 0 radical (unpaired) electrons. The molecular formula is C24H26N2O4S. The Bertz CT molecular complexity index is 1190. The molecular weight excluding hydrogens is 412 g/mol. The molecule has 6 nitrogen and oxygen atoms in total. The van der Waals surface area contributed by atoms with Gasteiger partial charge in [-0.15, -0.1) is 0 Å². The van der Waals surface area contributed by atoms with Gasteiger partial charge in [-0.25, -0.2) is 8.42 Å². The highest BCUT2D eigenvalue weighted by atomic mass is 32.2. The zero-order valence-electron chi connectivity index (χ0n) is 17.8. The predicted octanol–water partition coefficient (Wildman–Crippen LogP) is 4.21. The third-order valence-electron chi connectivity index (χ3n) is 5.88. The number of likely N-dealkylation sites (tertiary alicyclic amines) is 1. The van der Waals surface area contributed by atoms with Crippen LogP contribution >= 0.6 is 0 Å². The van der Waals surface area contributed by atoms with Crippen molar-refractivity contribution in [3.05, 3.63) is 75.3 Å². The second-order valence-corrected chi connectivity index (χ2v) is 9.83. The van der Waals surface area contributed by atoms with Crippen LogP contribution in [-0.2, 0) is 10.0 Å². The van der Waals surface area contributed by atoms with Crippen LogP contribution in [0.2, 0.25) is 0 Å². The third-order valence-corrected chi connectivity index (χ3v) is 7.29. The summed E-state index contributed by atoms with van der Waals surface area (Å²) in [5.41, 5.74) is 2.43. The second kappa shape index (κ2) is 8.30. The highest BCUT2D eigenvalue weighted by molar-refractivity contribution is 7.97. The summed E-state index contributed by atoms with van der Waals surface area (Å²) in [6, 6.07) is 11.9. The van der Waals surface area contributed by atoms with Gasteiger partial charge in [0.25, 0.3) is 10.0 Å². The van der Waals surface area contributed by atoms with Gasteiger partial charge in [0.15, 0.2) is 4.91 Å². The number of fused-ring (bicyclic) bond motifs is 1. The fourth-order valence-corrected chi connectivity index (χ4v) is 5.65. The number of anilines is 1. The van der Waals surface area contributed by atoms with Crippen molar-refractivity contribution < 1.29 is 18.0 Å². The third kappa shape index (κ3) is 4.02. The number of nitrogens with one attached hydrogen (secondary N) is 1. The lowest BCUT2D eigenvalue weighted by atomic mass is 9.91. The molecule has 1 aliphatic carbocycles. The summed E-state index contributed by atoms with van der Waals surface area (Å²) < 4.78 is 29.7. The number of ketones is 2. The molecule has 0 saturated carbocycles. The molecule has 0 aromatic heterocycles. The molecule has 1 fully saturated rings. The number of nitrogens with zero attached hydrogens (tertiary/aromatic N) is 1. The molecule has 1 heterocycles. The van der Waals surface area contributed by atoms with Crippen LogP contribution in [0.3, 0.4) is 0 Å². The Morgan fingerprint density at radius 2 is 1.45 bits per heavy atom. The van der Waals surface area contributed by atoms with Gasteiger partial charge in [-0.05, 0) is 43.9 Å². The summed E-state index contributed by atoms with van der Waals surface area (Å²) in [4.78, 5) is 28.2. The summed E-state index contributed by atoms with van der Waals surface area (Å²) in [5, 5.41) is 0. The molecule has 31 heavy (non-hydrogen) atoms. The average molecular weight is 439 g/mol. The van der Waals surface area contributed by atoms with Crippen molar-refractivity contribution >= 4 is 27.3 Å². The number of sulfonamides is 1. The van der Waals surface area contributed by atoms with Crippen LogP contribution in [-0.4, -0.2) is 38.0 Å². The summed E-state index contributed by atoms with van der Waals surface area (Å²) in [7, 11) is -4.29. The van der Waals surface area contributed by atoms with E-state index in [-0.39, 0.29) is 16.8 Å². The van der Waals surface area contributed by atoms with E-state index >= 15 is 0 Å². The largest absolute Gasteiger partial charge is 0.367 e. The minimum Gasteiger partial charge on any atom is -0.367 e. The maximum Gasteiger partial charge on any atom is 0.268 e. The lowest BCUT2D eigenvalue weighted by molar-refractivity contribution is 0.0947.